The first kappa shape index (κ1) is 51.4. The molecule has 0 aliphatic rings. The number of halogens is 2. The lowest BCUT2D eigenvalue weighted by Crippen LogP contribution is -2.29. The van der Waals surface area contributed by atoms with Crippen molar-refractivity contribution >= 4 is 66.6 Å². The van der Waals surface area contributed by atoms with Crippen molar-refractivity contribution in [3.63, 3.8) is 0 Å². The van der Waals surface area contributed by atoms with Gasteiger partial charge in [-0.05, 0) is 24.3 Å². The number of benzene rings is 2. The van der Waals surface area contributed by atoms with Crippen molar-refractivity contribution in [2.75, 3.05) is 52.7 Å². The number of aliphatic hydroxyl groups is 2. The summed E-state index contributed by atoms with van der Waals surface area (Å²) in [6.07, 6.45) is 0. The normalized spacial score (nSPS) is 16.0. The van der Waals surface area contributed by atoms with E-state index in [1.54, 1.807) is 0 Å². The summed E-state index contributed by atoms with van der Waals surface area (Å²) in [5.41, 5.74) is -6.31. The van der Waals surface area contributed by atoms with E-state index in [4.69, 9.17) is 14.7 Å². The molecule has 5 unspecified atom stereocenters. The minimum absolute atomic E-state index is 0.291. The molecule has 0 radical (unpaired) electrons. The zero-order valence-corrected chi connectivity index (χ0v) is 36.6. The monoisotopic (exact) mass is 1010 g/mol. The van der Waals surface area contributed by atoms with Gasteiger partial charge >= 0.3 is 0 Å². The molecule has 4 N–H and O–H groups in total. The molecule has 4 heterocycles. The number of aromatic nitrogens is 4. The number of aliphatic hydroxyl groups excluding tert-OH is 2. The maximum Gasteiger partial charge on any atom is 0.269 e. The van der Waals surface area contributed by atoms with Crippen LogP contribution >= 0.6 is 23.5 Å². The third-order valence-electron chi connectivity index (χ3n) is 10.1. The molecular weight excluding hydrogens is 975 g/mol. The molecule has 0 amide bonds. The summed E-state index contributed by atoms with van der Waals surface area (Å²) in [4.78, 5) is 142. The second-order valence-corrected chi connectivity index (χ2v) is 18.6. The molecule has 0 spiro atoms. The number of nitrogens with zero attached hydrogens (tertiary/aromatic N) is 4. The van der Waals surface area contributed by atoms with E-state index in [0.717, 1.165) is 24.3 Å². The molecule has 28 nitrogen and oxygen atoms in total. The second kappa shape index (κ2) is 20.7. The van der Waals surface area contributed by atoms with Gasteiger partial charge in [0.15, 0.2) is 0 Å². The molecule has 364 valence electrons. The number of rotatable bonds is 26. The van der Waals surface area contributed by atoms with E-state index in [1.165, 1.54) is 11.1 Å². The van der Waals surface area contributed by atoms with Crippen LogP contribution in [-0.2, 0) is 67.4 Å². The Kier molecular flexibility index (Phi) is 15.9. The molecule has 0 bridgehead atoms. The van der Waals surface area contributed by atoms with E-state index in [1.807, 2.05) is 0 Å². The average Bonchev–Trinajstić information content (AvgIpc) is 3.86. The molecule has 4 aromatic heterocycles. The van der Waals surface area contributed by atoms with Gasteiger partial charge in [-0.3, -0.25) is 70.2 Å². The first-order chi connectivity index (χ1) is 31.6. The van der Waals surface area contributed by atoms with Gasteiger partial charge in [0.2, 0.25) is 0 Å². The van der Waals surface area contributed by atoms with Gasteiger partial charge in [0.1, 0.15) is 13.5 Å². The number of fused-ring (bicyclic) bond motifs is 4. The largest absolute Gasteiger partial charge is 0.756 e. The van der Waals surface area contributed by atoms with Gasteiger partial charge in [0, 0.05) is 38.1 Å². The van der Waals surface area contributed by atoms with Crippen LogP contribution in [0.25, 0.3) is 43.1 Å². The Labute approximate surface area is 368 Å². The van der Waals surface area contributed by atoms with Crippen LogP contribution < -0.4 is 70.2 Å². The Morgan fingerprint density at radius 3 is 0.985 bits per heavy atom. The molecule has 67 heavy (non-hydrogen) atoms. The first-order valence-electron chi connectivity index (χ1n) is 19.1. The summed E-state index contributed by atoms with van der Waals surface area (Å²) in [7, 11) is -15.7. The maximum atomic E-state index is 13.2. The quantitative estimate of drug-likeness (QED) is 0.0293. The molecule has 0 fully saturated rings. The van der Waals surface area contributed by atoms with Crippen LogP contribution in [0.5, 0.6) is 0 Å². The molecule has 6 rings (SSSR count). The molecule has 33 heteroatoms. The summed E-state index contributed by atoms with van der Waals surface area (Å²) in [5, 5.41) is 15.0. The van der Waals surface area contributed by atoms with Crippen molar-refractivity contribution in [3.8, 4) is 0 Å². The van der Waals surface area contributed by atoms with Crippen LogP contribution in [-0.4, -0.2) is 81.2 Å². The van der Waals surface area contributed by atoms with Crippen LogP contribution in [0.15, 0.2) is 62.6 Å². The summed E-state index contributed by atoms with van der Waals surface area (Å²) in [6, 6.07) is 3.54. The van der Waals surface area contributed by atoms with Crippen molar-refractivity contribution < 1.29 is 74.7 Å². The van der Waals surface area contributed by atoms with Crippen molar-refractivity contribution in [3.05, 3.63) is 107 Å². The highest BCUT2D eigenvalue weighted by Crippen LogP contribution is 2.40. The van der Waals surface area contributed by atoms with Crippen molar-refractivity contribution in [1.29, 1.82) is 0 Å². The topological polar surface area (TPSA) is 397 Å². The van der Waals surface area contributed by atoms with Gasteiger partial charge < -0.3 is 43.0 Å². The fraction of sp³-hybridized carbons (Fsp3) is 0.412. The third kappa shape index (κ3) is 11.0. The molecule has 0 saturated heterocycles. The van der Waals surface area contributed by atoms with E-state index >= 15 is 0 Å². The summed E-state index contributed by atoms with van der Waals surface area (Å²) in [6.45, 7) is -9.22. The van der Waals surface area contributed by atoms with Crippen LogP contribution in [0.4, 0.5) is 8.96 Å². The Hall–Kier alpha value is -4.97. The van der Waals surface area contributed by atoms with Crippen LogP contribution in [0.2, 0.25) is 0 Å². The van der Waals surface area contributed by atoms with E-state index in [-0.39, 0.29) is 10.8 Å². The number of hydrogen-bond donors (Lipinski definition) is 4. The zero-order chi connectivity index (χ0) is 49.2. The average molecular weight is 1010 g/mol. The van der Waals surface area contributed by atoms with E-state index in [2.05, 4.69) is 22.6 Å². The second-order valence-electron chi connectivity index (χ2n) is 14.4. The predicted octanol–water partition coefficient (Wildman–Crippen LogP) is -4.58. The molecule has 6 aromatic rings. The molecular formula is C34H34F2N6O22P3-3. The Bertz CT molecular complexity index is 3270. The lowest BCUT2D eigenvalue weighted by molar-refractivity contribution is -0.230. The van der Waals surface area contributed by atoms with Gasteiger partial charge in [-0.1, -0.05) is 0 Å². The highest BCUT2D eigenvalue weighted by Gasteiger charge is 2.24. The minimum Gasteiger partial charge on any atom is -0.756 e. The molecule has 0 saturated carbocycles. The molecule has 5 atom stereocenters. The smallest absolute Gasteiger partial charge is 0.269 e. The fourth-order valence-electron chi connectivity index (χ4n) is 6.61. The Morgan fingerprint density at radius 1 is 0.463 bits per heavy atom. The minimum atomic E-state index is -5.45. The lowest BCUT2D eigenvalue weighted by Gasteiger charge is -2.24. The summed E-state index contributed by atoms with van der Waals surface area (Å²) in [5.74, 6) is -1.96. The summed E-state index contributed by atoms with van der Waals surface area (Å²) < 4.78 is 90.8. The van der Waals surface area contributed by atoms with Crippen LogP contribution in [0.3, 0.4) is 0 Å². The van der Waals surface area contributed by atoms with Gasteiger partial charge in [-0.2, -0.15) is 11.1 Å². The van der Waals surface area contributed by atoms with Gasteiger partial charge in [0.25, 0.3) is 67.9 Å². The molecule has 2 aromatic carbocycles. The maximum absolute atomic E-state index is 13.2. The van der Waals surface area contributed by atoms with Crippen molar-refractivity contribution in [1.82, 2.24) is 29.3 Å². The highest BCUT2D eigenvalue weighted by atomic mass is 31.2. The first-order valence-corrected chi connectivity index (χ1v) is 23.5. The summed E-state index contributed by atoms with van der Waals surface area (Å²) >= 11 is 0. The van der Waals surface area contributed by atoms with Crippen LogP contribution in [0, 0.1) is 11.8 Å². The number of nitrogens with one attached hydrogen (secondary N) is 2. The fourth-order valence-corrected chi connectivity index (χ4v) is 8.74. The van der Waals surface area contributed by atoms with Crippen molar-refractivity contribution in [2.45, 2.75) is 26.6 Å². The predicted molar refractivity (Wildman–Crippen MR) is 218 cm³/mol. The highest BCUT2D eigenvalue weighted by molar-refractivity contribution is 7.46. The zero-order valence-electron chi connectivity index (χ0n) is 33.9. The SMILES string of the molecule is O=c1c2cc3c(=O)n(COP(=O)([O-])OCCn4c(=O)c5cc6c(=O)n(COP(=O)([O-])OCC(CO)CNF)c(=O)c6cc5c4=O)c(=O)c3cc2c(=O)n1CCOP(=O)([O-])OCC(CO)CNF. The number of phosphoric acid groups is 3. The Morgan fingerprint density at radius 2 is 0.716 bits per heavy atom. The van der Waals surface area contributed by atoms with E-state index in [9.17, 15) is 75.7 Å². The Balaban J connectivity index is 1.10. The van der Waals surface area contributed by atoms with E-state index in [0.29, 0.717) is 18.3 Å². The van der Waals surface area contributed by atoms with Crippen LogP contribution in [0.1, 0.15) is 0 Å². The number of phosphoric ester groups is 3. The van der Waals surface area contributed by atoms with Gasteiger partial charge in [-0.25, -0.2) is 9.13 Å². The van der Waals surface area contributed by atoms with Crippen molar-refractivity contribution in [2.24, 2.45) is 11.8 Å². The van der Waals surface area contributed by atoms with E-state index < -0.39 is 191 Å². The molecule has 0 aliphatic carbocycles. The molecule has 0 aliphatic heterocycles. The van der Waals surface area contributed by atoms with Gasteiger partial charge in [-0.15, -0.1) is 8.96 Å². The lowest BCUT2D eigenvalue weighted by atomic mass is 10.1. The standard InChI is InChI=1S/C34H37F2N6O22P3/c35-37-9-17(11-43)13-61-65(53,54)59-3-1-39-27(45)19-5-23-24(6-20(19)28(39)46)32(50)41(31(23)49)15-63-66(55,56)60-4-2-40-29(47)21-7-25-26(8-22(21)30(40)48)34(52)42(33(25)51)16-64-67(57,58)62-14-18(12-44)10-38-36/h5-8,17-18,37-38,43-44H,1-4,9-16H2,(H,53,54)(H,55,56)(H,57,58)/p-3. The number of hydrogen-bond acceptors (Lipinski definition) is 24. The third-order valence-corrected chi connectivity index (χ3v) is 12.9. The van der Waals surface area contributed by atoms with Gasteiger partial charge in [0.05, 0.1) is 82.6 Å².